The third-order valence-corrected chi connectivity index (χ3v) is 10.2. The lowest BCUT2D eigenvalue weighted by Crippen LogP contribution is -2.42. The number of allylic oxidation sites excluding steroid dienone is 4. The Labute approximate surface area is 237 Å². The van der Waals surface area contributed by atoms with E-state index in [4.69, 9.17) is 0 Å². The molecule has 0 bridgehead atoms. The molecule has 0 aliphatic heterocycles. The molecule has 1 aromatic carbocycles. The van der Waals surface area contributed by atoms with Crippen molar-refractivity contribution in [3.8, 4) is 5.75 Å². The van der Waals surface area contributed by atoms with E-state index in [0.717, 1.165) is 69.8 Å². The maximum absolute atomic E-state index is 13.4. The van der Waals surface area contributed by atoms with Gasteiger partial charge in [-0.15, -0.1) is 0 Å². The Hall–Kier alpha value is -2.16. The summed E-state index contributed by atoms with van der Waals surface area (Å²) in [6.45, 7) is 4.45. The molecule has 4 atom stereocenters. The molecular formula is C36H52O3. The summed E-state index contributed by atoms with van der Waals surface area (Å²) >= 11 is 0. The molecule has 4 rings (SSSR count). The number of carbonyl (C=O) groups is 2. The number of ketones is 2. The summed E-state index contributed by atoms with van der Waals surface area (Å²) < 4.78 is 0. The van der Waals surface area contributed by atoms with E-state index in [9.17, 15) is 14.7 Å². The van der Waals surface area contributed by atoms with Gasteiger partial charge < -0.3 is 5.11 Å². The third-order valence-electron chi connectivity index (χ3n) is 10.2. The molecule has 0 heterocycles. The van der Waals surface area contributed by atoms with Crippen molar-refractivity contribution in [1.82, 2.24) is 0 Å². The first kappa shape index (κ1) is 29.8. The molecule has 2 fully saturated rings. The molecule has 0 saturated heterocycles. The van der Waals surface area contributed by atoms with Crippen LogP contribution in [-0.4, -0.2) is 16.7 Å². The standard InChI is InChI=1S/C36H52O3/c1-3-4-5-6-7-8-9-10-11-12-13-14-15-16-17-18-33(38)31-26-28(37)25-27-19-20-29-30(35(27)31)23-24-36(2)32(29)21-22-34(36)39/h7-8,10-11,25-26,29-30,32,37H,3-6,9,12-24H2,1-2H3/b8-7-,11-10+/t29-,30+,32+,36+/m1/s1. The van der Waals surface area contributed by atoms with E-state index in [-0.39, 0.29) is 16.9 Å². The van der Waals surface area contributed by atoms with Crippen molar-refractivity contribution in [2.24, 2.45) is 17.3 Å². The molecule has 0 spiro atoms. The van der Waals surface area contributed by atoms with Crippen molar-refractivity contribution in [2.45, 2.75) is 135 Å². The van der Waals surface area contributed by atoms with Crippen LogP contribution in [0.5, 0.6) is 5.75 Å². The molecule has 0 radical (unpaired) electrons. The van der Waals surface area contributed by atoms with E-state index >= 15 is 0 Å². The van der Waals surface area contributed by atoms with E-state index in [0.29, 0.717) is 30.0 Å². The van der Waals surface area contributed by atoms with Gasteiger partial charge in [0.1, 0.15) is 11.5 Å². The van der Waals surface area contributed by atoms with Gasteiger partial charge in [-0.2, -0.15) is 0 Å². The van der Waals surface area contributed by atoms with Crippen molar-refractivity contribution in [2.75, 3.05) is 0 Å². The van der Waals surface area contributed by atoms with E-state index in [1.807, 2.05) is 6.07 Å². The average Bonchev–Trinajstić information content (AvgIpc) is 3.24. The van der Waals surface area contributed by atoms with Gasteiger partial charge in [0, 0.05) is 23.8 Å². The maximum atomic E-state index is 13.4. The predicted molar refractivity (Wildman–Crippen MR) is 161 cm³/mol. The van der Waals surface area contributed by atoms with Crippen molar-refractivity contribution < 1.29 is 14.7 Å². The molecule has 0 aromatic heterocycles. The first-order chi connectivity index (χ1) is 19.0. The van der Waals surface area contributed by atoms with Crippen LogP contribution in [0.1, 0.15) is 150 Å². The fraction of sp³-hybridized carbons (Fsp3) is 0.667. The minimum Gasteiger partial charge on any atom is -0.508 e. The molecule has 0 amide bonds. The van der Waals surface area contributed by atoms with E-state index < -0.39 is 0 Å². The van der Waals surface area contributed by atoms with Gasteiger partial charge in [0.25, 0.3) is 0 Å². The fourth-order valence-electron chi connectivity index (χ4n) is 7.95. The summed E-state index contributed by atoms with van der Waals surface area (Å²) in [5, 5.41) is 10.4. The van der Waals surface area contributed by atoms with Crippen LogP contribution in [0.3, 0.4) is 0 Å². The number of hydrogen-bond donors (Lipinski definition) is 1. The Kier molecular flexibility index (Phi) is 11.1. The quantitative estimate of drug-likeness (QED) is 0.139. The summed E-state index contributed by atoms with van der Waals surface area (Å²) in [6.07, 6.45) is 28.4. The van der Waals surface area contributed by atoms with Crippen LogP contribution < -0.4 is 0 Å². The smallest absolute Gasteiger partial charge is 0.163 e. The second-order valence-corrected chi connectivity index (χ2v) is 12.8. The molecular weight excluding hydrogens is 480 g/mol. The van der Waals surface area contributed by atoms with Crippen LogP contribution in [0.2, 0.25) is 0 Å². The molecule has 3 nitrogen and oxygen atoms in total. The number of phenolic OH excluding ortho intramolecular Hbond substituents is 1. The van der Waals surface area contributed by atoms with E-state index in [1.54, 1.807) is 6.07 Å². The second kappa shape index (κ2) is 14.5. The number of carbonyl (C=O) groups excluding carboxylic acids is 2. The minimum absolute atomic E-state index is 0.152. The molecule has 0 unspecified atom stereocenters. The van der Waals surface area contributed by atoms with Crippen LogP contribution in [0.4, 0.5) is 0 Å². The zero-order chi connectivity index (χ0) is 27.7. The summed E-state index contributed by atoms with van der Waals surface area (Å²) in [4.78, 5) is 26.1. The normalized spacial score (nSPS) is 26.2. The number of Topliss-reactive ketones (excluding diaryl/α,β-unsaturated/α-hetero) is 2. The fourth-order valence-corrected chi connectivity index (χ4v) is 7.95. The lowest BCUT2D eigenvalue weighted by Gasteiger charge is -2.48. The second-order valence-electron chi connectivity index (χ2n) is 12.8. The largest absolute Gasteiger partial charge is 0.508 e. The number of fused-ring (bicyclic) bond motifs is 5. The van der Waals surface area contributed by atoms with Gasteiger partial charge in [-0.25, -0.2) is 0 Å². The highest BCUT2D eigenvalue weighted by atomic mass is 16.3. The van der Waals surface area contributed by atoms with E-state index in [2.05, 4.69) is 38.2 Å². The number of hydrogen-bond acceptors (Lipinski definition) is 3. The number of aromatic hydroxyl groups is 1. The summed E-state index contributed by atoms with van der Waals surface area (Å²) in [5.41, 5.74) is 3.02. The average molecular weight is 533 g/mol. The van der Waals surface area contributed by atoms with Crippen LogP contribution in [0.15, 0.2) is 36.4 Å². The first-order valence-corrected chi connectivity index (χ1v) is 16.2. The Morgan fingerprint density at radius 2 is 1.64 bits per heavy atom. The molecule has 39 heavy (non-hydrogen) atoms. The van der Waals surface area contributed by atoms with Crippen molar-refractivity contribution >= 4 is 11.6 Å². The SMILES string of the molecule is CCCCC/C=C\C/C=C/CCCCCCCC(=O)c1cc(O)cc2c1[C@H]1CC[C@]3(C)C(=O)CC[C@H]3[C@@H]1CC2. The van der Waals surface area contributed by atoms with Crippen molar-refractivity contribution in [3.05, 3.63) is 53.1 Å². The van der Waals surface area contributed by atoms with Crippen LogP contribution in [0, 0.1) is 17.3 Å². The summed E-state index contributed by atoms with van der Waals surface area (Å²) in [5.74, 6) is 2.20. The summed E-state index contributed by atoms with van der Waals surface area (Å²) in [6, 6.07) is 3.64. The van der Waals surface area contributed by atoms with Gasteiger partial charge in [0.05, 0.1) is 0 Å². The number of aryl methyl sites for hydroxylation is 1. The first-order valence-electron chi connectivity index (χ1n) is 16.2. The molecule has 3 heteroatoms. The van der Waals surface area contributed by atoms with Gasteiger partial charge in [-0.05, 0) is 112 Å². The molecule has 1 N–H and O–H groups in total. The Morgan fingerprint density at radius 3 is 2.41 bits per heavy atom. The van der Waals surface area contributed by atoms with Gasteiger partial charge in [-0.3, -0.25) is 9.59 Å². The number of benzene rings is 1. The van der Waals surface area contributed by atoms with Crippen LogP contribution in [0.25, 0.3) is 0 Å². The molecule has 1 aromatic rings. The topological polar surface area (TPSA) is 54.4 Å². The molecule has 214 valence electrons. The zero-order valence-electron chi connectivity index (χ0n) is 24.7. The number of unbranched alkanes of at least 4 members (excludes halogenated alkanes) is 8. The molecule has 3 aliphatic rings. The Balaban J connectivity index is 1.21. The van der Waals surface area contributed by atoms with Crippen LogP contribution >= 0.6 is 0 Å². The van der Waals surface area contributed by atoms with Gasteiger partial charge in [0.2, 0.25) is 0 Å². The maximum Gasteiger partial charge on any atom is 0.163 e. The van der Waals surface area contributed by atoms with E-state index in [1.165, 1.54) is 56.1 Å². The number of rotatable bonds is 15. The third kappa shape index (κ3) is 7.33. The Bertz CT molecular complexity index is 1030. The lowest BCUT2D eigenvalue weighted by molar-refractivity contribution is -0.129. The van der Waals surface area contributed by atoms with Crippen LogP contribution in [-0.2, 0) is 11.2 Å². The van der Waals surface area contributed by atoms with Crippen molar-refractivity contribution in [3.63, 3.8) is 0 Å². The lowest BCUT2D eigenvalue weighted by atomic mass is 9.55. The zero-order valence-corrected chi connectivity index (χ0v) is 24.7. The van der Waals surface area contributed by atoms with Gasteiger partial charge in [-0.1, -0.05) is 70.3 Å². The monoisotopic (exact) mass is 532 g/mol. The summed E-state index contributed by atoms with van der Waals surface area (Å²) in [7, 11) is 0. The molecule has 3 aliphatic carbocycles. The molecule has 2 saturated carbocycles. The van der Waals surface area contributed by atoms with Crippen molar-refractivity contribution in [1.29, 1.82) is 0 Å². The highest BCUT2D eigenvalue weighted by Crippen LogP contribution is 2.60. The Morgan fingerprint density at radius 1 is 0.923 bits per heavy atom. The van der Waals surface area contributed by atoms with Gasteiger partial charge >= 0.3 is 0 Å². The predicted octanol–water partition coefficient (Wildman–Crippen LogP) is 9.81. The number of phenols is 1. The van der Waals surface area contributed by atoms with Gasteiger partial charge in [0.15, 0.2) is 5.78 Å². The minimum atomic E-state index is -0.152. The highest BCUT2D eigenvalue weighted by Gasteiger charge is 2.55. The highest BCUT2D eigenvalue weighted by molar-refractivity contribution is 5.98.